The molecule has 22 heavy (non-hydrogen) atoms. The zero-order valence-corrected chi connectivity index (χ0v) is 14.2. The zero-order chi connectivity index (χ0) is 16.5. The number of likely N-dealkylation sites (N-methyl/N-ethyl adjacent to an activating group) is 1. The van der Waals surface area contributed by atoms with Crippen LogP contribution >= 0.6 is 11.6 Å². The molecular weight excluding hydrogens is 307 g/mol. The Kier molecular flexibility index (Phi) is 4.85. The predicted octanol–water partition coefficient (Wildman–Crippen LogP) is 3.92. The molecule has 1 fully saturated rings. The Morgan fingerprint density at radius 3 is 2.73 bits per heavy atom. The molecule has 0 unspecified atom stereocenters. The molecule has 1 saturated heterocycles. The number of anilines is 1. The predicted molar refractivity (Wildman–Crippen MR) is 86.0 cm³/mol. The lowest BCUT2D eigenvalue weighted by Crippen LogP contribution is -2.42. The summed E-state index contributed by atoms with van der Waals surface area (Å²) in [5.41, 5.74) is -0.00386. The number of amides is 1. The van der Waals surface area contributed by atoms with Crippen molar-refractivity contribution in [1.82, 2.24) is 4.90 Å². The van der Waals surface area contributed by atoms with Gasteiger partial charge in [-0.25, -0.2) is 9.18 Å². The molecule has 0 bridgehead atoms. The standard InChI is InChI=1S/C16H22ClFN2O2/c1-16(2,3)22-15(21)19(4)12-7-8-20(10-12)14-6-5-11(17)9-13(14)18/h5-6,9,12H,7-8,10H2,1-4H3/t12-/m1/s1. The minimum Gasteiger partial charge on any atom is -0.444 e. The summed E-state index contributed by atoms with van der Waals surface area (Å²) in [4.78, 5) is 15.6. The summed E-state index contributed by atoms with van der Waals surface area (Å²) >= 11 is 5.78. The van der Waals surface area contributed by atoms with Gasteiger partial charge in [0.15, 0.2) is 0 Å². The number of carbonyl (C=O) groups is 1. The van der Waals surface area contributed by atoms with E-state index in [1.165, 1.54) is 6.07 Å². The highest BCUT2D eigenvalue weighted by Crippen LogP contribution is 2.27. The lowest BCUT2D eigenvalue weighted by molar-refractivity contribution is 0.0238. The Balaban J connectivity index is 2.01. The summed E-state index contributed by atoms with van der Waals surface area (Å²) in [7, 11) is 1.72. The van der Waals surface area contributed by atoms with Crippen molar-refractivity contribution in [2.45, 2.75) is 38.8 Å². The van der Waals surface area contributed by atoms with Gasteiger partial charge in [-0.05, 0) is 45.4 Å². The minimum atomic E-state index is -0.522. The Morgan fingerprint density at radius 2 is 2.14 bits per heavy atom. The molecule has 1 aromatic rings. The molecule has 1 aliphatic rings. The SMILES string of the molecule is CN(C(=O)OC(C)(C)C)[C@@H]1CCN(c2ccc(Cl)cc2F)C1. The van der Waals surface area contributed by atoms with Gasteiger partial charge in [0.2, 0.25) is 0 Å². The van der Waals surface area contributed by atoms with Gasteiger partial charge in [0.1, 0.15) is 11.4 Å². The second-order valence-electron chi connectivity index (χ2n) is 6.58. The van der Waals surface area contributed by atoms with Crippen molar-refractivity contribution in [2.24, 2.45) is 0 Å². The molecule has 0 radical (unpaired) electrons. The highest BCUT2D eigenvalue weighted by Gasteiger charge is 2.31. The van der Waals surface area contributed by atoms with E-state index in [1.807, 2.05) is 25.7 Å². The summed E-state index contributed by atoms with van der Waals surface area (Å²) in [5.74, 6) is -0.340. The van der Waals surface area contributed by atoms with Crippen LogP contribution in [0, 0.1) is 5.82 Å². The summed E-state index contributed by atoms with van der Waals surface area (Å²) in [6, 6.07) is 4.66. The fourth-order valence-corrected chi connectivity index (χ4v) is 2.66. The fourth-order valence-electron chi connectivity index (χ4n) is 2.50. The van der Waals surface area contributed by atoms with Crippen molar-refractivity contribution >= 4 is 23.4 Å². The second-order valence-corrected chi connectivity index (χ2v) is 7.01. The van der Waals surface area contributed by atoms with E-state index >= 15 is 0 Å². The molecule has 4 nitrogen and oxygen atoms in total. The van der Waals surface area contributed by atoms with Crippen molar-refractivity contribution in [3.63, 3.8) is 0 Å². The van der Waals surface area contributed by atoms with Crippen LogP contribution in [0.25, 0.3) is 0 Å². The van der Waals surface area contributed by atoms with Gasteiger partial charge < -0.3 is 14.5 Å². The van der Waals surface area contributed by atoms with Crippen LogP contribution < -0.4 is 4.90 Å². The van der Waals surface area contributed by atoms with E-state index in [0.29, 0.717) is 23.8 Å². The summed E-state index contributed by atoms with van der Waals surface area (Å²) < 4.78 is 19.3. The molecule has 122 valence electrons. The highest BCUT2D eigenvalue weighted by molar-refractivity contribution is 6.30. The topological polar surface area (TPSA) is 32.8 Å². The van der Waals surface area contributed by atoms with E-state index in [9.17, 15) is 9.18 Å². The molecule has 0 N–H and O–H groups in total. The van der Waals surface area contributed by atoms with E-state index in [4.69, 9.17) is 16.3 Å². The lowest BCUT2D eigenvalue weighted by Gasteiger charge is -2.28. The third-order valence-electron chi connectivity index (χ3n) is 3.64. The molecule has 2 rings (SSSR count). The quantitative estimate of drug-likeness (QED) is 0.824. The van der Waals surface area contributed by atoms with E-state index < -0.39 is 5.60 Å². The summed E-state index contributed by atoms with van der Waals surface area (Å²) in [6.07, 6.45) is 0.425. The Bertz CT molecular complexity index is 560. The van der Waals surface area contributed by atoms with Crippen LogP contribution in [0.3, 0.4) is 0 Å². The first-order valence-electron chi connectivity index (χ1n) is 7.33. The van der Waals surface area contributed by atoms with Crippen LogP contribution in [0.2, 0.25) is 5.02 Å². The van der Waals surface area contributed by atoms with Crippen LogP contribution in [-0.2, 0) is 4.74 Å². The second kappa shape index (κ2) is 6.32. The molecule has 1 aliphatic heterocycles. The Labute approximate surface area is 135 Å². The van der Waals surface area contributed by atoms with Gasteiger partial charge in [0.05, 0.1) is 11.7 Å². The molecular formula is C16H22ClFN2O2. The Hall–Kier alpha value is -1.49. The monoisotopic (exact) mass is 328 g/mol. The third-order valence-corrected chi connectivity index (χ3v) is 3.88. The maximum Gasteiger partial charge on any atom is 0.410 e. The van der Waals surface area contributed by atoms with E-state index in [1.54, 1.807) is 24.1 Å². The van der Waals surface area contributed by atoms with Crippen molar-refractivity contribution in [3.8, 4) is 0 Å². The van der Waals surface area contributed by atoms with E-state index in [-0.39, 0.29) is 18.0 Å². The number of ether oxygens (including phenoxy) is 1. The Morgan fingerprint density at radius 1 is 1.45 bits per heavy atom. The molecule has 0 saturated carbocycles. The molecule has 0 aromatic heterocycles. The molecule has 0 aliphatic carbocycles. The van der Waals surface area contributed by atoms with Gasteiger partial charge in [0.25, 0.3) is 0 Å². The van der Waals surface area contributed by atoms with Gasteiger partial charge in [0, 0.05) is 25.2 Å². The van der Waals surface area contributed by atoms with Gasteiger partial charge >= 0.3 is 6.09 Å². The zero-order valence-electron chi connectivity index (χ0n) is 13.4. The first kappa shape index (κ1) is 16.9. The van der Waals surface area contributed by atoms with Crippen molar-refractivity contribution in [3.05, 3.63) is 29.0 Å². The number of rotatable bonds is 2. The summed E-state index contributed by atoms with van der Waals surface area (Å²) in [5, 5.41) is 0.378. The fraction of sp³-hybridized carbons (Fsp3) is 0.562. The number of halogens is 2. The van der Waals surface area contributed by atoms with Crippen molar-refractivity contribution in [1.29, 1.82) is 0 Å². The van der Waals surface area contributed by atoms with Gasteiger partial charge in [-0.3, -0.25) is 0 Å². The van der Waals surface area contributed by atoms with E-state index in [2.05, 4.69) is 0 Å². The van der Waals surface area contributed by atoms with Gasteiger partial charge in [-0.1, -0.05) is 11.6 Å². The van der Waals surface area contributed by atoms with Crippen molar-refractivity contribution in [2.75, 3.05) is 25.0 Å². The number of nitrogens with zero attached hydrogens (tertiary/aromatic N) is 2. The van der Waals surface area contributed by atoms with Gasteiger partial charge in [-0.15, -0.1) is 0 Å². The number of carbonyl (C=O) groups excluding carboxylic acids is 1. The van der Waals surface area contributed by atoms with Crippen LogP contribution in [0.1, 0.15) is 27.2 Å². The first-order chi connectivity index (χ1) is 10.2. The lowest BCUT2D eigenvalue weighted by atomic mass is 10.2. The molecule has 1 aromatic carbocycles. The van der Waals surface area contributed by atoms with Crippen LogP contribution in [-0.4, -0.2) is 42.8 Å². The maximum absolute atomic E-state index is 14.0. The van der Waals surface area contributed by atoms with Crippen LogP contribution in [0.15, 0.2) is 18.2 Å². The highest BCUT2D eigenvalue weighted by atomic mass is 35.5. The average Bonchev–Trinajstić information content (AvgIpc) is 2.85. The molecule has 1 heterocycles. The van der Waals surface area contributed by atoms with Crippen LogP contribution in [0.4, 0.5) is 14.9 Å². The molecule has 0 spiro atoms. The maximum atomic E-state index is 14.0. The third kappa shape index (κ3) is 4.03. The number of hydrogen-bond donors (Lipinski definition) is 0. The normalized spacial score (nSPS) is 18.5. The van der Waals surface area contributed by atoms with Gasteiger partial charge in [-0.2, -0.15) is 0 Å². The molecule has 1 atom stereocenters. The smallest absolute Gasteiger partial charge is 0.410 e. The first-order valence-corrected chi connectivity index (χ1v) is 7.71. The number of benzene rings is 1. The largest absolute Gasteiger partial charge is 0.444 e. The molecule has 1 amide bonds. The average molecular weight is 329 g/mol. The van der Waals surface area contributed by atoms with Crippen LogP contribution in [0.5, 0.6) is 0 Å². The number of hydrogen-bond acceptors (Lipinski definition) is 3. The van der Waals surface area contributed by atoms with Crippen molar-refractivity contribution < 1.29 is 13.9 Å². The summed E-state index contributed by atoms with van der Waals surface area (Å²) in [6.45, 7) is 6.78. The van der Waals surface area contributed by atoms with E-state index in [0.717, 1.165) is 6.42 Å². The molecule has 6 heteroatoms. The minimum absolute atomic E-state index is 0.00456.